The van der Waals surface area contributed by atoms with Crippen LogP contribution >= 0.6 is 27.3 Å². The molecular weight excluding hydrogens is 290 g/mol. The number of hydrogen-bond donors (Lipinski definition) is 1. The van der Waals surface area contributed by atoms with Gasteiger partial charge in [-0.15, -0.1) is 11.3 Å². The highest BCUT2D eigenvalue weighted by Crippen LogP contribution is 2.20. The lowest BCUT2D eigenvalue weighted by atomic mass is 10.3. The van der Waals surface area contributed by atoms with Gasteiger partial charge in [-0.3, -0.25) is 9.48 Å². The average Bonchev–Trinajstić information content (AvgIpc) is 2.84. The molecule has 0 atom stereocenters. The molecule has 0 aliphatic rings. The molecule has 6 heteroatoms. The minimum Gasteiger partial charge on any atom is -0.346 e. The molecule has 0 spiro atoms. The number of halogens is 1. The lowest BCUT2D eigenvalue weighted by molar-refractivity contribution is 0.0951. The predicted octanol–water partition coefficient (Wildman–Crippen LogP) is 2.17. The molecule has 2 aromatic heterocycles. The van der Waals surface area contributed by atoms with Crippen LogP contribution in [0.15, 0.2) is 27.5 Å². The number of aryl methyl sites for hydroxylation is 1. The van der Waals surface area contributed by atoms with E-state index in [1.165, 1.54) is 11.3 Å². The summed E-state index contributed by atoms with van der Waals surface area (Å²) in [6.07, 6.45) is 1.85. The molecule has 0 fully saturated rings. The second-order valence-electron chi connectivity index (χ2n) is 3.30. The van der Waals surface area contributed by atoms with E-state index < -0.39 is 0 Å². The second kappa shape index (κ2) is 4.80. The monoisotopic (exact) mass is 299 g/mol. The molecule has 1 amide bonds. The summed E-state index contributed by atoms with van der Waals surface area (Å²) < 4.78 is 2.67. The molecule has 0 aromatic carbocycles. The van der Waals surface area contributed by atoms with Gasteiger partial charge in [-0.25, -0.2) is 0 Å². The largest absolute Gasteiger partial charge is 0.346 e. The number of nitrogens with one attached hydrogen (secondary N) is 1. The van der Waals surface area contributed by atoms with E-state index in [0.717, 1.165) is 9.48 Å². The van der Waals surface area contributed by atoms with Crippen molar-refractivity contribution in [1.29, 1.82) is 0 Å². The van der Waals surface area contributed by atoms with Gasteiger partial charge < -0.3 is 5.32 Å². The van der Waals surface area contributed by atoms with E-state index in [0.29, 0.717) is 12.1 Å². The fraction of sp³-hybridized carbons (Fsp3) is 0.200. The summed E-state index contributed by atoms with van der Waals surface area (Å²) in [6, 6.07) is 3.68. The molecule has 2 rings (SSSR count). The van der Waals surface area contributed by atoms with Crippen molar-refractivity contribution in [1.82, 2.24) is 15.1 Å². The second-order valence-corrected chi connectivity index (χ2v) is 5.59. The summed E-state index contributed by atoms with van der Waals surface area (Å²) in [5, 5.41) is 8.81. The van der Waals surface area contributed by atoms with Crippen LogP contribution in [-0.2, 0) is 13.6 Å². The highest BCUT2D eigenvalue weighted by molar-refractivity contribution is 9.11. The first-order valence-corrected chi connectivity index (χ1v) is 6.33. The molecule has 0 saturated heterocycles. The van der Waals surface area contributed by atoms with Crippen molar-refractivity contribution < 1.29 is 4.79 Å². The van der Waals surface area contributed by atoms with Gasteiger partial charge in [0.25, 0.3) is 5.91 Å². The maximum absolute atomic E-state index is 11.7. The van der Waals surface area contributed by atoms with Gasteiger partial charge in [-0.2, -0.15) is 5.10 Å². The molecular formula is C10H10BrN3OS. The molecule has 0 bridgehead atoms. The Morgan fingerprint density at radius 1 is 1.69 bits per heavy atom. The summed E-state index contributed by atoms with van der Waals surface area (Å²) in [4.78, 5) is 11.7. The van der Waals surface area contributed by atoms with Crippen LogP contribution < -0.4 is 5.32 Å². The maximum atomic E-state index is 11.7. The molecule has 0 radical (unpaired) electrons. The molecule has 1 N–H and O–H groups in total. The maximum Gasteiger partial charge on any atom is 0.252 e. The lowest BCUT2D eigenvalue weighted by Gasteiger charge is -2.00. The van der Waals surface area contributed by atoms with Crippen LogP contribution in [-0.4, -0.2) is 15.7 Å². The highest BCUT2D eigenvalue weighted by atomic mass is 79.9. The predicted molar refractivity (Wildman–Crippen MR) is 66.4 cm³/mol. The zero-order chi connectivity index (χ0) is 11.5. The minimum atomic E-state index is -0.0763. The van der Waals surface area contributed by atoms with Crippen LogP contribution in [0.3, 0.4) is 0 Å². The fourth-order valence-electron chi connectivity index (χ4n) is 1.26. The molecule has 0 unspecified atom stereocenters. The number of carbonyl (C=O) groups is 1. The zero-order valence-corrected chi connectivity index (χ0v) is 11.0. The Morgan fingerprint density at radius 2 is 2.50 bits per heavy atom. The number of amides is 1. The van der Waals surface area contributed by atoms with Crippen molar-refractivity contribution in [2.24, 2.45) is 7.05 Å². The topological polar surface area (TPSA) is 46.9 Å². The summed E-state index contributed by atoms with van der Waals surface area (Å²) in [5.41, 5.74) is 1.53. The Labute approximate surface area is 105 Å². The first-order valence-electron chi connectivity index (χ1n) is 4.66. The van der Waals surface area contributed by atoms with Gasteiger partial charge in [-0.05, 0) is 28.1 Å². The van der Waals surface area contributed by atoms with Gasteiger partial charge in [0.05, 0.1) is 21.6 Å². The van der Waals surface area contributed by atoms with E-state index in [9.17, 15) is 4.79 Å². The third-order valence-electron chi connectivity index (χ3n) is 2.03. The molecule has 84 valence electrons. The molecule has 16 heavy (non-hydrogen) atoms. The molecule has 2 aromatic rings. The van der Waals surface area contributed by atoms with Crippen molar-refractivity contribution in [3.63, 3.8) is 0 Å². The van der Waals surface area contributed by atoms with Crippen molar-refractivity contribution in [3.8, 4) is 0 Å². The Hall–Kier alpha value is -1.14. The van der Waals surface area contributed by atoms with Gasteiger partial charge in [0.15, 0.2) is 0 Å². The van der Waals surface area contributed by atoms with E-state index >= 15 is 0 Å². The van der Waals surface area contributed by atoms with Crippen LogP contribution in [0.25, 0.3) is 0 Å². The zero-order valence-electron chi connectivity index (χ0n) is 8.61. The van der Waals surface area contributed by atoms with Crippen molar-refractivity contribution in [2.45, 2.75) is 6.54 Å². The molecule has 0 aliphatic carbocycles. The van der Waals surface area contributed by atoms with Crippen molar-refractivity contribution in [3.05, 3.63) is 38.8 Å². The van der Waals surface area contributed by atoms with Crippen LogP contribution in [0.2, 0.25) is 0 Å². The lowest BCUT2D eigenvalue weighted by Crippen LogP contribution is -2.22. The third kappa shape index (κ3) is 2.70. The number of thiophene rings is 1. The van der Waals surface area contributed by atoms with E-state index in [-0.39, 0.29) is 5.91 Å². The van der Waals surface area contributed by atoms with Crippen LogP contribution in [0.4, 0.5) is 0 Å². The van der Waals surface area contributed by atoms with E-state index in [1.54, 1.807) is 10.7 Å². The Bertz CT molecular complexity index is 506. The number of nitrogens with zero attached hydrogens (tertiary/aromatic N) is 2. The van der Waals surface area contributed by atoms with Crippen LogP contribution in [0.5, 0.6) is 0 Å². The number of rotatable bonds is 3. The van der Waals surface area contributed by atoms with Gasteiger partial charge in [0, 0.05) is 18.6 Å². The SMILES string of the molecule is Cn1ccc(CNC(=O)c2csc(Br)c2)n1. The Morgan fingerprint density at radius 3 is 3.06 bits per heavy atom. The van der Waals surface area contributed by atoms with E-state index in [4.69, 9.17) is 0 Å². The highest BCUT2D eigenvalue weighted by Gasteiger charge is 2.07. The number of aromatic nitrogens is 2. The number of carbonyl (C=O) groups excluding carboxylic acids is 1. The first kappa shape index (κ1) is 11.3. The first-order chi connectivity index (χ1) is 7.65. The van der Waals surface area contributed by atoms with E-state index in [2.05, 4.69) is 26.3 Å². The Balaban J connectivity index is 1.93. The van der Waals surface area contributed by atoms with Crippen molar-refractivity contribution >= 4 is 33.2 Å². The molecule has 0 aliphatic heterocycles. The normalized spacial score (nSPS) is 10.4. The molecule has 4 nitrogen and oxygen atoms in total. The van der Waals surface area contributed by atoms with Gasteiger partial charge in [0.2, 0.25) is 0 Å². The summed E-state index contributed by atoms with van der Waals surface area (Å²) in [5.74, 6) is -0.0763. The number of hydrogen-bond acceptors (Lipinski definition) is 3. The quantitative estimate of drug-likeness (QED) is 0.944. The standard InChI is InChI=1S/C10H10BrN3OS/c1-14-3-2-8(13-14)5-12-10(15)7-4-9(11)16-6-7/h2-4,6H,5H2,1H3,(H,12,15). The third-order valence-corrected chi connectivity index (χ3v) is 3.53. The Kier molecular flexibility index (Phi) is 3.40. The summed E-state index contributed by atoms with van der Waals surface area (Å²) in [7, 11) is 1.85. The minimum absolute atomic E-state index is 0.0763. The molecule has 2 heterocycles. The van der Waals surface area contributed by atoms with Crippen molar-refractivity contribution in [2.75, 3.05) is 0 Å². The van der Waals surface area contributed by atoms with Gasteiger partial charge in [-0.1, -0.05) is 0 Å². The van der Waals surface area contributed by atoms with Crippen LogP contribution in [0, 0.1) is 0 Å². The average molecular weight is 300 g/mol. The fourth-order valence-corrected chi connectivity index (χ4v) is 2.40. The summed E-state index contributed by atoms with van der Waals surface area (Å²) in [6.45, 7) is 0.452. The van der Waals surface area contributed by atoms with Crippen LogP contribution in [0.1, 0.15) is 16.1 Å². The smallest absolute Gasteiger partial charge is 0.252 e. The molecule has 0 saturated carbocycles. The van der Waals surface area contributed by atoms with Gasteiger partial charge in [0.1, 0.15) is 0 Å². The summed E-state index contributed by atoms with van der Waals surface area (Å²) >= 11 is 4.82. The van der Waals surface area contributed by atoms with Gasteiger partial charge >= 0.3 is 0 Å². The van der Waals surface area contributed by atoms with E-state index in [1.807, 2.05) is 24.7 Å².